The van der Waals surface area contributed by atoms with E-state index in [4.69, 9.17) is 4.74 Å². The standard InChI is InChI=1S/C15H21N5O3/c1-7-20-9(3)11(8(2)17-20)14(21)16-12-10(4)19(5)18-13(12)15(22)23-6/h7H2,1-6H3,(H,16,21). The Morgan fingerprint density at radius 3 is 2.35 bits per heavy atom. The number of ether oxygens (including phenoxy) is 1. The highest BCUT2D eigenvalue weighted by molar-refractivity contribution is 6.09. The van der Waals surface area contributed by atoms with Gasteiger partial charge in [-0.3, -0.25) is 14.2 Å². The Hall–Kier alpha value is -2.64. The zero-order valence-corrected chi connectivity index (χ0v) is 14.2. The summed E-state index contributed by atoms with van der Waals surface area (Å²) in [5, 5.41) is 11.2. The quantitative estimate of drug-likeness (QED) is 0.864. The smallest absolute Gasteiger partial charge is 0.360 e. The van der Waals surface area contributed by atoms with Gasteiger partial charge in [-0.05, 0) is 27.7 Å². The van der Waals surface area contributed by atoms with Crippen molar-refractivity contribution in [3.8, 4) is 0 Å². The summed E-state index contributed by atoms with van der Waals surface area (Å²) >= 11 is 0. The van der Waals surface area contributed by atoms with Crippen molar-refractivity contribution in [1.82, 2.24) is 19.6 Å². The van der Waals surface area contributed by atoms with Crippen molar-refractivity contribution in [3.63, 3.8) is 0 Å². The molecular weight excluding hydrogens is 298 g/mol. The molecule has 124 valence electrons. The van der Waals surface area contributed by atoms with E-state index in [-0.39, 0.29) is 11.6 Å². The summed E-state index contributed by atoms with van der Waals surface area (Å²) < 4.78 is 8.01. The molecule has 0 aliphatic rings. The van der Waals surface area contributed by atoms with Crippen LogP contribution in [0.5, 0.6) is 0 Å². The van der Waals surface area contributed by atoms with Gasteiger partial charge in [-0.25, -0.2) is 4.79 Å². The number of amides is 1. The van der Waals surface area contributed by atoms with Crippen LogP contribution in [-0.4, -0.2) is 38.5 Å². The Labute approximate surface area is 134 Å². The van der Waals surface area contributed by atoms with Crippen molar-refractivity contribution >= 4 is 17.6 Å². The van der Waals surface area contributed by atoms with Gasteiger partial charge in [-0.1, -0.05) is 0 Å². The number of rotatable bonds is 4. The van der Waals surface area contributed by atoms with Gasteiger partial charge in [0, 0.05) is 19.3 Å². The molecular formula is C15H21N5O3. The molecule has 1 amide bonds. The van der Waals surface area contributed by atoms with Crippen LogP contribution < -0.4 is 5.32 Å². The number of hydrogen-bond donors (Lipinski definition) is 1. The average molecular weight is 319 g/mol. The fourth-order valence-electron chi connectivity index (χ4n) is 2.51. The number of carbonyl (C=O) groups excluding carboxylic acids is 2. The molecule has 0 saturated heterocycles. The van der Waals surface area contributed by atoms with Crippen LogP contribution in [0.25, 0.3) is 0 Å². The molecule has 1 N–H and O–H groups in total. The predicted molar refractivity (Wildman–Crippen MR) is 84.6 cm³/mol. The highest BCUT2D eigenvalue weighted by atomic mass is 16.5. The van der Waals surface area contributed by atoms with Gasteiger partial charge in [0.2, 0.25) is 0 Å². The third-order valence-corrected chi connectivity index (χ3v) is 3.86. The topological polar surface area (TPSA) is 91.0 Å². The molecule has 0 aromatic carbocycles. The van der Waals surface area contributed by atoms with E-state index in [0.717, 1.165) is 5.69 Å². The molecule has 0 aliphatic heterocycles. The summed E-state index contributed by atoms with van der Waals surface area (Å²) in [6, 6.07) is 0. The molecule has 0 atom stereocenters. The number of anilines is 1. The number of esters is 1. The second-order valence-electron chi connectivity index (χ2n) is 5.24. The van der Waals surface area contributed by atoms with Gasteiger partial charge in [0.15, 0.2) is 5.69 Å². The molecule has 0 aliphatic carbocycles. The van der Waals surface area contributed by atoms with Crippen LogP contribution in [0.15, 0.2) is 0 Å². The molecule has 23 heavy (non-hydrogen) atoms. The van der Waals surface area contributed by atoms with Crippen molar-refractivity contribution in [3.05, 3.63) is 28.3 Å². The highest BCUT2D eigenvalue weighted by Crippen LogP contribution is 2.22. The number of aryl methyl sites for hydroxylation is 3. The molecule has 2 aromatic rings. The van der Waals surface area contributed by atoms with Gasteiger partial charge in [0.1, 0.15) is 0 Å². The Morgan fingerprint density at radius 2 is 1.83 bits per heavy atom. The molecule has 0 fully saturated rings. The zero-order valence-electron chi connectivity index (χ0n) is 14.2. The Morgan fingerprint density at radius 1 is 1.17 bits per heavy atom. The van der Waals surface area contributed by atoms with Crippen molar-refractivity contribution in [2.75, 3.05) is 12.4 Å². The van der Waals surface area contributed by atoms with Gasteiger partial charge in [0.25, 0.3) is 5.91 Å². The SMILES string of the molecule is CCn1nc(C)c(C(=O)Nc2c(C(=O)OC)nn(C)c2C)c1C. The second-order valence-corrected chi connectivity index (χ2v) is 5.24. The van der Waals surface area contributed by atoms with E-state index < -0.39 is 5.97 Å². The molecule has 2 aromatic heterocycles. The maximum atomic E-state index is 12.7. The third-order valence-electron chi connectivity index (χ3n) is 3.86. The average Bonchev–Trinajstić information content (AvgIpc) is 2.96. The Kier molecular flexibility index (Phi) is 4.53. The van der Waals surface area contributed by atoms with Crippen LogP contribution in [0.4, 0.5) is 5.69 Å². The molecule has 0 unspecified atom stereocenters. The minimum atomic E-state index is -0.596. The molecule has 0 radical (unpaired) electrons. The first kappa shape index (κ1) is 16.7. The number of methoxy groups -OCH3 is 1. The van der Waals surface area contributed by atoms with E-state index in [0.29, 0.717) is 29.2 Å². The van der Waals surface area contributed by atoms with Gasteiger partial charge in [-0.15, -0.1) is 0 Å². The van der Waals surface area contributed by atoms with Crippen LogP contribution in [0.3, 0.4) is 0 Å². The van der Waals surface area contributed by atoms with Gasteiger partial charge in [-0.2, -0.15) is 10.2 Å². The first-order valence-electron chi connectivity index (χ1n) is 7.29. The van der Waals surface area contributed by atoms with Crippen LogP contribution in [0.2, 0.25) is 0 Å². The predicted octanol–water partition coefficient (Wildman–Crippen LogP) is 1.60. The Balaban J connectivity index is 2.42. The number of carbonyl (C=O) groups is 2. The molecule has 8 heteroatoms. The second kappa shape index (κ2) is 6.23. The summed E-state index contributed by atoms with van der Waals surface area (Å²) in [7, 11) is 2.97. The Bertz CT molecular complexity index is 773. The van der Waals surface area contributed by atoms with Crippen molar-refractivity contribution in [2.24, 2.45) is 7.05 Å². The van der Waals surface area contributed by atoms with Crippen molar-refractivity contribution in [2.45, 2.75) is 34.2 Å². The highest BCUT2D eigenvalue weighted by Gasteiger charge is 2.25. The van der Waals surface area contributed by atoms with Gasteiger partial charge >= 0.3 is 5.97 Å². The number of hydrogen-bond acceptors (Lipinski definition) is 5. The first-order chi connectivity index (χ1) is 10.8. The minimum absolute atomic E-state index is 0.0824. The molecule has 2 heterocycles. The van der Waals surface area contributed by atoms with E-state index in [2.05, 4.69) is 15.5 Å². The summed E-state index contributed by atoms with van der Waals surface area (Å²) in [5.41, 5.74) is 3.03. The van der Waals surface area contributed by atoms with Gasteiger partial charge < -0.3 is 10.1 Å². The monoisotopic (exact) mass is 319 g/mol. The lowest BCUT2D eigenvalue weighted by atomic mass is 10.1. The van der Waals surface area contributed by atoms with E-state index in [1.807, 2.05) is 13.8 Å². The van der Waals surface area contributed by atoms with E-state index >= 15 is 0 Å². The molecule has 8 nitrogen and oxygen atoms in total. The van der Waals surface area contributed by atoms with E-state index in [1.165, 1.54) is 11.8 Å². The summed E-state index contributed by atoms with van der Waals surface area (Å²) in [4.78, 5) is 24.5. The molecule has 2 rings (SSSR count). The summed E-state index contributed by atoms with van der Waals surface area (Å²) in [6.45, 7) is 8.03. The number of aromatic nitrogens is 4. The van der Waals surface area contributed by atoms with Crippen molar-refractivity contribution in [1.29, 1.82) is 0 Å². The lowest BCUT2D eigenvalue weighted by molar-refractivity contribution is 0.0594. The zero-order chi connectivity index (χ0) is 17.3. The lowest BCUT2D eigenvalue weighted by Gasteiger charge is -2.07. The third kappa shape index (κ3) is 2.84. The van der Waals surface area contributed by atoms with E-state index in [9.17, 15) is 9.59 Å². The normalized spacial score (nSPS) is 10.7. The summed E-state index contributed by atoms with van der Waals surface area (Å²) in [6.07, 6.45) is 0. The minimum Gasteiger partial charge on any atom is -0.464 e. The van der Waals surface area contributed by atoms with Gasteiger partial charge in [0.05, 0.1) is 29.7 Å². The first-order valence-corrected chi connectivity index (χ1v) is 7.29. The maximum Gasteiger partial charge on any atom is 0.360 e. The number of nitrogens with zero attached hydrogens (tertiary/aromatic N) is 4. The lowest BCUT2D eigenvalue weighted by Crippen LogP contribution is -2.17. The summed E-state index contributed by atoms with van der Waals surface area (Å²) in [5.74, 6) is -0.914. The molecule has 0 bridgehead atoms. The van der Waals surface area contributed by atoms with Crippen LogP contribution in [0, 0.1) is 20.8 Å². The van der Waals surface area contributed by atoms with E-state index in [1.54, 1.807) is 25.6 Å². The fraction of sp³-hybridized carbons (Fsp3) is 0.467. The molecule has 0 saturated carbocycles. The maximum absolute atomic E-state index is 12.7. The van der Waals surface area contributed by atoms with Crippen LogP contribution in [0.1, 0.15) is 44.9 Å². The molecule has 0 spiro atoms. The largest absolute Gasteiger partial charge is 0.464 e. The fourth-order valence-corrected chi connectivity index (χ4v) is 2.51. The van der Waals surface area contributed by atoms with Crippen LogP contribution >= 0.6 is 0 Å². The van der Waals surface area contributed by atoms with Crippen LogP contribution in [-0.2, 0) is 18.3 Å². The number of nitrogens with one attached hydrogen (secondary N) is 1. The van der Waals surface area contributed by atoms with Crippen molar-refractivity contribution < 1.29 is 14.3 Å².